The molecule has 5 heteroatoms. The van der Waals surface area contributed by atoms with Crippen LogP contribution < -0.4 is 5.73 Å². The Balaban J connectivity index is 1.88. The van der Waals surface area contributed by atoms with Crippen molar-refractivity contribution in [2.45, 2.75) is 102 Å². The van der Waals surface area contributed by atoms with Gasteiger partial charge in [0.2, 0.25) is 0 Å². The quantitative estimate of drug-likeness (QED) is 0.292. The number of hydrogen-bond donors (Lipinski definition) is 3. The van der Waals surface area contributed by atoms with Crippen molar-refractivity contribution in [3.8, 4) is 0 Å². The normalized spacial score (nSPS) is 18.2. The predicted molar refractivity (Wildman–Crippen MR) is 98.9 cm³/mol. The van der Waals surface area contributed by atoms with Crippen LogP contribution in [0.5, 0.6) is 0 Å². The zero-order valence-corrected chi connectivity index (χ0v) is 15.4. The monoisotopic (exact) mass is 339 g/mol. The van der Waals surface area contributed by atoms with E-state index in [2.05, 4.69) is 17.2 Å². The van der Waals surface area contributed by atoms with Gasteiger partial charge in [-0.1, -0.05) is 57.6 Å². The van der Waals surface area contributed by atoms with E-state index in [1.807, 2.05) is 6.08 Å². The summed E-state index contributed by atoms with van der Waals surface area (Å²) in [4.78, 5) is 0. The SMILES string of the molecule is CCCCCC1(CCCCCCCC/C=C/C(O)C(N)CO)N=N1. The third-order valence-corrected chi connectivity index (χ3v) is 4.74. The highest BCUT2D eigenvalue weighted by molar-refractivity contribution is 4.94. The Morgan fingerprint density at radius 2 is 1.54 bits per heavy atom. The Labute approximate surface area is 147 Å². The first kappa shape index (κ1) is 21.3. The summed E-state index contributed by atoms with van der Waals surface area (Å²) in [5.74, 6) is 0. The van der Waals surface area contributed by atoms with E-state index in [1.165, 1.54) is 51.4 Å². The topological polar surface area (TPSA) is 91.2 Å². The molecule has 0 saturated heterocycles. The number of allylic oxidation sites excluding steroid dienone is 1. The Bertz CT molecular complexity index is 366. The summed E-state index contributed by atoms with van der Waals surface area (Å²) in [6.45, 7) is 2.04. The van der Waals surface area contributed by atoms with Crippen LogP contribution in [0.2, 0.25) is 0 Å². The smallest absolute Gasteiger partial charge is 0.191 e. The molecule has 1 rings (SSSR count). The molecule has 0 amide bonds. The second-order valence-corrected chi connectivity index (χ2v) is 7.06. The van der Waals surface area contributed by atoms with Crippen LogP contribution in [0.15, 0.2) is 22.4 Å². The van der Waals surface area contributed by atoms with E-state index in [-0.39, 0.29) is 12.3 Å². The number of hydrogen-bond acceptors (Lipinski definition) is 5. The summed E-state index contributed by atoms with van der Waals surface area (Å²) >= 11 is 0. The van der Waals surface area contributed by atoms with Crippen LogP contribution in [0.3, 0.4) is 0 Å². The Hall–Kier alpha value is -0.780. The lowest BCUT2D eigenvalue weighted by molar-refractivity contribution is 0.144. The molecule has 0 bridgehead atoms. The molecule has 0 saturated carbocycles. The molecule has 24 heavy (non-hydrogen) atoms. The molecule has 1 aliphatic heterocycles. The first-order valence-corrected chi connectivity index (χ1v) is 9.79. The molecule has 2 unspecified atom stereocenters. The largest absolute Gasteiger partial charge is 0.395 e. The lowest BCUT2D eigenvalue weighted by Crippen LogP contribution is -2.36. The van der Waals surface area contributed by atoms with Crippen molar-refractivity contribution >= 4 is 0 Å². The van der Waals surface area contributed by atoms with Gasteiger partial charge in [-0.15, -0.1) is 0 Å². The summed E-state index contributed by atoms with van der Waals surface area (Å²) in [6, 6.07) is -0.573. The highest BCUT2D eigenvalue weighted by atomic mass is 16.3. The minimum absolute atomic E-state index is 0.0240. The van der Waals surface area contributed by atoms with Crippen molar-refractivity contribution < 1.29 is 10.2 Å². The summed E-state index contributed by atoms with van der Waals surface area (Å²) < 4.78 is 0. The molecule has 0 spiro atoms. The summed E-state index contributed by atoms with van der Waals surface area (Å²) in [5, 5.41) is 27.0. The third kappa shape index (κ3) is 9.50. The van der Waals surface area contributed by atoms with Gasteiger partial charge >= 0.3 is 0 Å². The highest BCUT2D eigenvalue weighted by Gasteiger charge is 2.38. The average Bonchev–Trinajstić information content (AvgIpc) is 3.35. The summed E-state index contributed by atoms with van der Waals surface area (Å²) in [7, 11) is 0. The van der Waals surface area contributed by atoms with Crippen LogP contribution in [-0.2, 0) is 0 Å². The Kier molecular flexibility index (Phi) is 11.1. The molecule has 1 aliphatic rings. The van der Waals surface area contributed by atoms with Gasteiger partial charge in [0.05, 0.1) is 18.8 Å². The maximum absolute atomic E-state index is 9.57. The van der Waals surface area contributed by atoms with Gasteiger partial charge in [-0.3, -0.25) is 0 Å². The number of nitrogens with two attached hydrogens (primary N) is 1. The first-order valence-electron chi connectivity index (χ1n) is 9.79. The molecule has 0 fully saturated rings. The van der Waals surface area contributed by atoms with Crippen molar-refractivity contribution in [3.05, 3.63) is 12.2 Å². The van der Waals surface area contributed by atoms with E-state index >= 15 is 0 Å². The molecule has 0 aromatic rings. The molecule has 2 atom stereocenters. The number of aliphatic hydroxyl groups is 2. The molecule has 0 radical (unpaired) electrons. The molecule has 140 valence electrons. The molecule has 4 N–H and O–H groups in total. The van der Waals surface area contributed by atoms with Crippen molar-refractivity contribution in [1.29, 1.82) is 0 Å². The standard InChI is InChI=1S/C19H37N3O2/c1-2-3-11-14-19(21-22-19)15-12-9-7-5-4-6-8-10-13-18(24)17(20)16-23/h10,13,17-18,23-24H,2-9,11-12,14-16,20H2,1H3/b13-10+. The van der Waals surface area contributed by atoms with Crippen molar-refractivity contribution in [2.24, 2.45) is 16.0 Å². The fourth-order valence-corrected chi connectivity index (χ4v) is 2.92. The van der Waals surface area contributed by atoms with Gasteiger partial charge in [-0.2, -0.15) is 10.2 Å². The maximum Gasteiger partial charge on any atom is 0.191 e. The molecular weight excluding hydrogens is 302 g/mol. The van der Waals surface area contributed by atoms with Gasteiger partial charge in [0.15, 0.2) is 5.66 Å². The van der Waals surface area contributed by atoms with Gasteiger partial charge in [-0.25, -0.2) is 0 Å². The average molecular weight is 340 g/mol. The van der Waals surface area contributed by atoms with E-state index < -0.39 is 12.1 Å². The second kappa shape index (κ2) is 12.6. The molecule has 0 aromatic carbocycles. The third-order valence-electron chi connectivity index (χ3n) is 4.74. The van der Waals surface area contributed by atoms with E-state index in [0.29, 0.717) is 0 Å². The van der Waals surface area contributed by atoms with Crippen LogP contribution in [-0.4, -0.2) is 34.6 Å². The number of nitrogens with zero attached hydrogens (tertiary/aromatic N) is 2. The van der Waals surface area contributed by atoms with Crippen molar-refractivity contribution in [2.75, 3.05) is 6.61 Å². The molecule has 5 nitrogen and oxygen atoms in total. The maximum atomic E-state index is 9.57. The van der Waals surface area contributed by atoms with Crippen LogP contribution in [0, 0.1) is 0 Å². The number of aliphatic hydroxyl groups excluding tert-OH is 2. The fourth-order valence-electron chi connectivity index (χ4n) is 2.92. The highest BCUT2D eigenvalue weighted by Crippen LogP contribution is 2.38. The predicted octanol–water partition coefficient (Wildman–Crippen LogP) is 4.09. The lowest BCUT2D eigenvalue weighted by Gasteiger charge is -2.11. The lowest BCUT2D eigenvalue weighted by atomic mass is 9.98. The number of rotatable bonds is 16. The Morgan fingerprint density at radius 1 is 0.958 bits per heavy atom. The van der Waals surface area contributed by atoms with E-state index in [4.69, 9.17) is 10.8 Å². The fraction of sp³-hybridized carbons (Fsp3) is 0.895. The molecular formula is C19H37N3O2. The minimum atomic E-state index is -0.738. The van der Waals surface area contributed by atoms with Crippen LogP contribution in [0.25, 0.3) is 0 Å². The second-order valence-electron chi connectivity index (χ2n) is 7.06. The van der Waals surface area contributed by atoms with Gasteiger partial charge in [0.1, 0.15) is 0 Å². The molecule has 0 aliphatic carbocycles. The van der Waals surface area contributed by atoms with Gasteiger partial charge in [0, 0.05) is 0 Å². The minimum Gasteiger partial charge on any atom is -0.395 e. The van der Waals surface area contributed by atoms with Crippen LogP contribution in [0.1, 0.15) is 84.0 Å². The zero-order chi connectivity index (χ0) is 17.7. The van der Waals surface area contributed by atoms with Crippen LogP contribution >= 0.6 is 0 Å². The molecule has 0 aromatic heterocycles. The van der Waals surface area contributed by atoms with Crippen LogP contribution in [0.4, 0.5) is 0 Å². The zero-order valence-electron chi connectivity index (χ0n) is 15.4. The first-order chi connectivity index (χ1) is 11.6. The van der Waals surface area contributed by atoms with E-state index in [1.54, 1.807) is 6.08 Å². The van der Waals surface area contributed by atoms with Crippen molar-refractivity contribution in [3.63, 3.8) is 0 Å². The van der Waals surface area contributed by atoms with E-state index in [9.17, 15) is 5.11 Å². The summed E-state index contributed by atoms with van der Waals surface area (Å²) in [6.07, 6.45) is 17.4. The van der Waals surface area contributed by atoms with E-state index in [0.717, 1.165) is 25.7 Å². The van der Waals surface area contributed by atoms with Gasteiger partial charge in [-0.05, 0) is 38.5 Å². The Morgan fingerprint density at radius 3 is 2.12 bits per heavy atom. The van der Waals surface area contributed by atoms with Crippen molar-refractivity contribution in [1.82, 2.24) is 0 Å². The summed E-state index contributed by atoms with van der Waals surface area (Å²) in [5.41, 5.74) is 5.55. The van der Waals surface area contributed by atoms with Gasteiger partial charge in [0.25, 0.3) is 0 Å². The molecule has 1 heterocycles. The van der Waals surface area contributed by atoms with Gasteiger partial charge < -0.3 is 15.9 Å². The number of unbranched alkanes of at least 4 members (excludes halogenated alkanes) is 8.